The summed E-state index contributed by atoms with van der Waals surface area (Å²) in [6.07, 6.45) is 1.37. The standard InChI is InChI=1S/C11H17BrN2O3/c1-7(11(16-3)17-4)13-10(15)9-5-8(12)6-14(9)2/h5-7,11H,1-4H3,(H,13,15). The third-order valence-electron chi connectivity index (χ3n) is 2.44. The van der Waals surface area contributed by atoms with Crippen LogP contribution in [-0.2, 0) is 16.5 Å². The van der Waals surface area contributed by atoms with Crippen LogP contribution in [0.4, 0.5) is 0 Å². The number of carbonyl (C=O) groups excluding carboxylic acids is 1. The van der Waals surface area contributed by atoms with E-state index in [1.165, 1.54) is 14.2 Å². The first-order valence-corrected chi connectivity index (χ1v) is 5.97. The molecule has 0 aliphatic heterocycles. The predicted octanol–water partition coefficient (Wildman–Crippen LogP) is 1.52. The SMILES string of the molecule is COC(OC)C(C)NC(=O)c1cc(Br)cn1C. The lowest BCUT2D eigenvalue weighted by Crippen LogP contribution is -2.43. The van der Waals surface area contributed by atoms with Gasteiger partial charge in [-0.25, -0.2) is 0 Å². The Balaban J connectivity index is 2.69. The Bertz CT molecular complexity index is 388. The molecule has 1 unspecified atom stereocenters. The Morgan fingerprint density at radius 1 is 1.47 bits per heavy atom. The third-order valence-corrected chi connectivity index (χ3v) is 2.87. The van der Waals surface area contributed by atoms with Crippen LogP contribution in [0.1, 0.15) is 17.4 Å². The molecule has 96 valence electrons. The average molecular weight is 305 g/mol. The van der Waals surface area contributed by atoms with Gasteiger partial charge in [0.1, 0.15) is 5.69 Å². The van der Waals surface area contributed by atoms with E-state index >= 15 is 0 Å². The molecule has 0 radical (unpaired) electrons. The van der Waals surface area contributed by atoms with Crippen molar-refractivity contribution in [3.8, 4) is 0 Å². The van der Waals surface area contributed by atoms with Crippen LogP contribution in [0.2, 0.25) is 0 Å². The van der Waals surface area contributed by atoms with E-state index in [-0.39, 0.29) is 11.9 Å². The lowest BCUT2D eigenvalue weighted by molar-refractivity contribution is -0.117. The maximum atomic E-state index is 12.0. The molecular formula is C11H17BrN2O3. The molecule has 0 saturated heterocycles. The molecule has 1 N–H and O–H groups in total. The van der Waals surface area contributed by atoms with Crippen LogP contribution in [0.15, 0.2) is 16.7 Å². The van der Waals surface area contributed by atoms with Crippen LogP contribution in [0.5, 0.6) is 0 Å². The van der Waals surface area contributed by atoms with Gasteiger partial charge >= 0.3 is 0 Å². The van der Waals surface area contributed by atoms with Crippen molar-refractivity contribution >= 4 is 21.8 Å². The molecule has 0 aliphatic carbocycles. The van der Waals surface area contributed by atoms with E-state index in [0.717, 1.165) is 4.47 Å². The Labute approximate surface area is 109 Å². The minimum absolute atomic E-state index is 0.162. The van der Waals surface area contributed by atoms with E-state index in [9.17, 15) is 4.79 Å². The van der Waals surface area contributed by atoms with Gasteiger partial charge in [-0.15, -0.1) is 0 Å². The highest BCUT2D eigenvalue weighted by atomic mass is 79.9. The van der Waals surface area contributed by atoms with Gasteiger partial charge in [-0.3, -0.25) is 4.79 Å². The van der Waals surface area contributed by atoms with Gasteiger partial charge in [0.25, 0.3) is 5.91 Å². The van der Waals surface area contributed by atoms with Gasteiger partial charge in [0.15, 0.2) is 6.29 Å². The number of nitrogens with zero attached hydrogens (tertiary/aromatic N) is 1. The summed E-state index contributed by atoms with van der Waals surface area (Å²) in [5, 5.41) is 2.82. The number of hydrogen-bond acceptors (Lipinski definition) is 3. The van der Waals surface area contributed by atoms with E-state index in [0.29, 0.717) is 5.69 Å². The zero-order valence-corrected chi connectivity index (χ0v) is 11.9. The molecule has 1 amide bonds. The molecule has 6 heteroatoms. The molecule has 5 nitrogen and oxygen atoms in total. The number of hydrogen-bond donors (Lipinski definition) is 1. The molecule has 17 heavy (non-hydrogen) atoms. The number of aryl methyl sites for hydroxylation is 1. The van der Waals surface area contributed by atoms with Crippen LogP contribution >= 0.6 is 15.9 Å². The van der Waals surface area contributed by atoms with Crippen LogP contribution < -0.4 is 5.32 Å². The molecule has 1 heterocycles. The lowest BCUT2D eigenvalue weighted by Gasteiger charge is -2.22. The molecule has 0 saturated carbocycles. The number of carbonyl (C=O) groups is 1. The van der Waals surface area contributed by atoms with Gasteiger partial charge in [-0.05, 0) is 28.9 Å². The fourth-order valence-corrected chi connectivity index (χ4v) is 2.13. The number of halogens is 1. The minimum Gasteiger partial charge on any atom is -0.354 e. The van der Waals surface area contributed by atoms with Crippen LogP contribution in [0.3, 0.4) is 0 Å². The van der Waals surface area contributed by atoms with E-state index in [1.54, 1.807) is 10.6 Å². The van der Waals surface area contributed by atoms with E-state index in [2.05, 4.69) is 21.2 Å². The van der Waals surface area contributed by atoms with Gasteiger partial charge in [0, 0.05) is 31.9 Å². The molecular weight excluding hydrogens is 288 g/mol. The average Bonchev–Trinajstić information content (AvgIpc) is 2.59. The van der Waals surface area contributed by atoms with Crippen molar-refractivity contribution in [1.29, 1.82) is 0 Å². The zero-order chi connectivity index (χ0) is 13.0. The smallest absolute Gasteiger partial charge is 0.268 e. The summed E-state index contributed by atoms with van der Waals surface area (Å²) in [4.78, 5) is 12.0. The summed E-state index contributed by atoms with van der Waals surface area (Å²) < 4.78 is 12.8. The zero-order valence-electron chi connectivity index (χ0n) is 10.4. The van der Waals surface area contributed by atoms with E-state index < -0.39 is 6.29 Å². The Morgan fingerprint density at radius 3 is 2.47 bits per heavy atom. The molecule has 1 atom stereocenters. The molecule has 1 aromatic heterocycles. The molecule has 0 aliphatic rings. The monoisotopic (exact) mass is 304 g/mol. The number of aromatic nitrogens is 1. The first kappa shape index (κ1) is 14.2. The normalized spacial score (nSPS) is 12.8. The second-order valence-electron chi connectivity index (χ2n) is 3.76. The number of nitrogens with one attached hydrogen (secondary N) is 1. The van der Waals surface area contributed by atoms with Crippen LogP contribution in [0.25, 0.3) is 0 Å². The number of amides is 1. The predicted molar refractivity (Wildman–Crippen MR) is 67.8 cm³/mol. The van der Waals surface area contributed by atoms with Gasteiger partial charge in [0.2, 0.25) is 0 Å². The molecule has 0 bridgehead atoms. The van der Waals surface area contributed by atoms with Crippen molar-refractivity contribution in [1.82, 2.24) is 9.88 Å². The van der Waals surface area contributed by atoms with Crippen molar-refractivity contribution in [3.05, 3.63) is 22.4 Å². The second-order valence-corrected chi connectivity index (χ2v) is 4.67. The van der Waals surface area contributed by atoms with Gasteiger partial charge < -0.3 is 19.4 Å². The van der Waals surface area contributed by atoms with Crippen molar-refractivity contribution in [2.24, 2.45) is 7.05 Å². The largest absolute Gasteiger partial charge is 0.354 e. The van der Waals surface area contributed by atoms with Crippen molar-refractivity contribution < 1.29 is 14.3 Å². The van der Waals surface area contributed by atoms with Crippen molar-refractivity contribution in [2.45, 2.75) is 19.3 Å². The second kappa shape index (κ2) is 6.18. The summed E-state index contributed by atoms with van der Waals surface area (Å²) in [6, 6.07) is 1.53. The van der Waals surface area contributed by atoms with Crippen LogP contribution in [0, 0.1) is 0 Å². The van der Waals surface area contributed by atoms with Gasteiger partial charge in [-0.1, -0.05) is 0 Å². The minimum atomic E-state index is -0.456. The quantitative estimate of drug-likeness (QED) is 0.839. The lowest BCUT2D eigenvalue weighted by atomic mass is 10.3. The maximum Gasteiger partial charge on any atom is 0.268 e. The fraction of sp³-hybridized carbons (Fsp3) is 0.545. The third kappa shape index (κ3) is 3.55. The highest BCUT2D eigenvalue weighted by Gasteiger charge is 2.20. The van der Waals surface area contributed by atoms with Gasteiger partial charge in [0.05, 0.1) is 6.04 Å². The summed E-state index contributed by atoms with van der Waals surface area (Å²) in [5.74, 6) is -0.162. The Kier molecular flexibility index (Phi) is 5.17. The van der Waals surface area contributed by atoms with Crippen molar-refractivity contribution in [2.75, 3.05) is 14.2 Å². The maximum absolute atomic E-state index is 12.0. The number of rotatable bonds is 5. The molecule has 1 aromatic rings. The number of ether oxygens (including phenoxy) is 2. The number of methoxy groups -OCH3 is 2. The first-order valence-electron chi connectivity index (χ1n) is 5.18. The Morgan fingerprint density at radius 2 is 2.06 bits per heavy atom. The Hall–Kier alpha value is -0.850. The summed E-state index contributed by atoms with van der Waals surface area (Å²) >= 11 is 3.32. The van der Waals surface area contributed by atoms with Crippen LogP contribution in [-0.4, -0.2) is 37.0 Å². The highest BCUT2D eigenvalue weighted by molar-refractivity contribution is 9.10. The molecule has 0 fully saturated rings. The van der Waals surface area contributed by atoms with Crippen molar-refractivity contribution in [3.63, 3.8) is 0 Å². The van der Waals surface area contributed by atoms with E-state index in [1.807, 2.05) is 20.2 Å². The fourth-order valence-electron chi connectivity index (χ4n) is 1.60. The first-order chi connectivity index (χ1) is 7.99. The summed E-state index contributed by atoms with van der Waals surface area (Å²) in [5.41, 5.74) is 0.578. The summed E-state index contributed by atoms with van der Waals surface area (Å²) in [7, 11) is 4.89. The topological polar surface area (TPSA) is 52.5 Å². The van der Waals surface area contributed by atoms with Gasteiger partial charge in [-0.2, -0.15) is 0 Å². The molecule has 0 spiro atoms. The summed E-state index contributed by atoms with van der Waals surface area (Å²) in [6.45, 7) is 1.83. The van der Waals surface area contributed by atoms with E-state index in [4.69, 9.17) is 9.47 Å². The molecule has 0 aromatic carbocycles. The molecule has 1 rings (SSSR count). The highest BCUT2D eigenvalue weighted by Crippen LogP contribution is 2.13.